The number of nitrogens with one attached hydrogen (secondary N) is 1. The fraction of sp³-hybridized carbons (Fsp3) is 0.800. The predicted octanol–water partition coefficient (Wildman–Crippen LogP) is -1.31. The molecule has 0 bridgehead atoms. The summed E-state index contributed by atoms with van der Waals surface area (Å²) in [5, 5.41) is 12.9. The van der Waals surface area contributed by atoms with Crippen molar-refractivity contribution < 1.29 is 24.3 Å². The van der Waals surface area contributed by atoms with E-state index in [1.54, 1.807) is 0 Å². The molecular weight excluding hydrogens is 390 g/mol. The molecule has 2 rings (SSSR count). The molecule has 2 saturated heterocycles. The minimum Gasteiger partial charge on any atom is -0.382 e. The number of aliphatic hydroxyl groups excluding tert-OH is 1. The Morgan fingerprint density at radius 3 is 2.17 bits per heavy atom. The van der Waals surface area contributed by atoms with Crippen molar-refractivity contribution in [2.75, 3.05) is 13.1 Å². The Morgan fingerprint density at radius 1 is 1.03 bits per heavy atom. The maximum atomic E-state index is 13.2. The second-order valence-electron chi connectivity index (χ2n) is 8.75. The average molecular weight is 426 g/mol. The van der Waals surface area contributed by atoms with Crippen LogP contribution in [0.4, 0.5) is 0 Å². The lowest BCUT2D eigenvalue weighted by Gasteiger charge is -2.33. The molecule has 30 heavy (non-hydrogen) atoms. The first kappa shape index (κ1) is 24.1. The lowest BCUT2D eigenvalue weighted by Crippen LogP contribution is -2.57. The lowest BCUT2D eigenvalue weighted by molar-refractivity contribution is -0.151. The van der Waals surface area contributed by atoms with Gasteiger partial charge in [0.25, 0.3) is 5.91 Å². The van der Waals surface area contributed by atoms with Gasteiger partial charge < -0.3 is 31.7 Å². The van der Waals surface area contributed by atoms with Gasteiger partial charge in [-0.1, -0.05) is 13.8 Å². The standard InChI is InChI=1S/C20H35N5O5/c1-11(2)10-13(21)16(26)20(30)25-9-5-7-15(25)19(29)24-8-4-6-14(24)18(28)23-12(3)17(22)27/h11-16,26H,4-10,21H2,1-3H3,(H2,22,27)(H,23,28)/t12-,13-,14-,15-,16+/m0/s1. The third kappa shape index (κ3) is 5.48. The summed E-state index contributed by atoms with van der Waals surface area (Å²) in [6.07, 6.45) is 1.36. The maximum Gasteiger partial charge on any atom is 0.253 e. The van der Waals surface area contributed by atoms with E-state index in [4.69, 9.17) is 11.5 Å². The molecule has 4 amide bonds. The van der Waals surface area contributed by atoms with Crippen molar-refractivity contribution in [2.24, 2.45) is 17.4 Å². The summed E-state index contributed by atoms with van der Waals surface area (Å²) in [4.78, 5) is 52.7. The fourth-order valence-electron chi connectivity index (χ4n) is 4.19. The maximum absolute atomic E-state index is 13.2. The van der Waals surface area contributed by atoms with E-state index in [1.807, 2.05) is 13.8 Å². The average Bonchev–Trinajstić information content (AvgIpc) is 3.34. The normalized spacial score (nSPS) is 24.6. The smallest absolute Gasteiger partial charge is 0.253 e. The number of carbonyl (C=O) groups excluding carboxylic acids is 4. The molecule has 5 atom stereocenters. The van der Waals surface area contributed by atoms with Gasteiger partial charge >= 0.3 is 0 Å². The molecule has 2 fully saturated rings. The van der Waals surface area contributed by atoms with E-state index in [9.17, 15) is 24.3 Å². The number of nitrogens with two attached hydrogens (primary N) is 2. The van der Waals surface area contributed by atoms with Crippen LogP contribution < -0.4 is 16.8 Å². The lowest BCUT2D eigenvalue weighted by atomic mass is 9.99. The third-order valence-corrected chi connectivity index (χ3v) is 5.85. The van der Waals surface area contributed by atoms with Crippen LogP contribution in [-0.2, 0) is 19.2 Å². The number of hydrogen-bond donors (Lipinski definition) is 4. The summed E-state index contributed by atoms with van der Waals surface area (Å²) < 4.78 is 0. The van der Waals surface area contributed by atoms with Crippen LogP contribution in [-0.4, -0.2) is 81.9 Å². The summed E-state index contributed by atoms with van der Waals surface area (Å²) in [7, 11) is 0. The van der Waals surface area contributed by atoms with E-state index in [2.05, 4.69) is 5.32 Å². The second kappa shape index (κ2) is 10.2. The number of hydrogen-bond acceptors (Lipinski definition) is 6. The van der Waals surface area contributed by atoms with Crippen LogP contribution >= 0.6 is 0 Å². The van der Waals surface area contributed by atoms with Crippen LogP contribution in [0, 0.1) is 5.92 Å². The Kier molecular flexibility index (Phi) is 8.19. The van der Waals surface area contributed by atoms with Gasteiger partial charge in [-0.15, -0.1) is 0 Å². The zero-order chi connectivity index (χ0) is 22.6. The van der Waals surface area contributed by atoms with Crippen LogP contribution in [0.1, 0.15) is 52.9 Å². The SMILES string of the molecule is CC(C)C[C@H](N)[C@@H](O)C(=O)N1CCC[C@H]1C(=O)N1CCC[C@H]1C(=O)N[C@@H](C)C(N)=O. The number of rotatable bonds is 8. The molecule has 2 heterocycles. The Balaban J connectivity index is 2.07. The Morgan fingerprint density at radius 2 is 1.60 bits per heavy atom. The van der Waals surface area contributed by atoms with Crippen LogP contribution in [0.3, 0.4) is 0 Å². The van der Waals surface area contributed by atoms with Gasteiger partial charge in [0.2, 0.25) is 17.7 Å². The summed E-state index contributed by atoms with van der Waals surface area (Å²) in [6.45, 7) is 6.16. The van der Waals surface area contributed by atoms with Crippen LogP contribution in [0.5, 0.6) is 0 Å². The monoisotopic (exact) mass is 425 g/mol. The number of primary amides is 1. The molecule has 10 heteroatoms. The number of likely N-dealkylation sites (tertiary alicyclic amines) is 2. The van der Waals surface area contributed by atoms with Gasteiger partial charge in [-0.2, -0.15) is 0 Å². The summed E-state index contributed by atoms with van der Waals surface area (Å²) in [5.41, 5.74) is 11.2. The van der Waals surface area contributed by atoms with Crippen molar-refractivity contribution in [3.63, 3.8) is 0 Å². The first-order valence-corrected chi connectivity index (χ1v) is 10.7. The highest BCUT2D eigenvalue weighted by Crippen LogP contribution is 2.26. The zero-order valence-corrected chi connectivity index (χ0v) is 18.0. The molecule has 0 aromatic rings. The van der Waals surface area contributed by atoms with Gasteiger partial charge in [-0.3, -0.25) is 19.2 Å². The Labute approximate surface area is 177 Å². The summed E-state index contributed by atoms with van der Waals surface area (Å²) in [6, 6.07) is -2.96. The van der Waals surface area contributed by atoms with E-state index in [0.717, 1.165) is 0 Å². The van der Waals surface area contributed by atoms with Crippen molar-refractivity contribution in [3.8, 4) is 0 Å². The van der Waals surface area contributed by atoms with E-state index < -0.39 is 48.0 Å². The minimum atomic E-state index is -1.37. The first-order chi connectivity index (χ1) is 14.0. The molecule has 0 aliphatic carbocycles. The number of aliphatic hydroxyl groups is 1. The summed E-state index contributed by atoms with van der Waals surface area (Å²) in [5.74, 6) is -1.71. The van der Waals surface area contributed by atoms with Crippen LogP contribution in [0.15, 0.2) is 0 Å². The molecule has 0 aromatic heterocycles. The zero-order valence-electron chi connectivity index (χ0n) is 18.0. The molecule has 0 spiro atoms. The fourth-order valence-corrected chi connectivity index (χ4v) is 4.19. The van der Waals surface area contributed by atoms with Gasteiger partial charge in [-0.05, 0) is 44.9 Å². The van der Waals surface area contributed by atoms with E-state index in [-0.39, 0.29) is 11.8 Å². The molecule has 0 radical (unpaired) electrons. The molecular formula is C20H35N5O5. The molecule has 0 unspecified atom stereocenters. The highest BCUT2D eigenvalue weighted by molar-refractivity contribution is 5.95. The molecule has 170 valence electrons. The van der Waals surface area contributed by atoms with E-state index in [1.165, 1.54) is 16.7 Å². The molecule has 6 N–H and O–H groups in total. The number of carbonyl (C=O) groups is 4. The Bertz CT molecular complexity index is 670. The minimum absolute atomic E-state index is 0.227. The predicted molar refractivity (Wildman–Crippen MR) is 110 cm³/mol. The quantitative estimate of drug-likeness (QED) is 0.378. The van der Waals surface area contributed by atoms with Gasteiger partial charge in [-0.25, -0.2) is 0 Å². The number of nitrogens with zero attached hydrogens (tertiary/aromatic N) is 2. The molecule has 0 saturated carbocycles. The summed E-state index contributed by atoms with van der Waals surface area (Å²) >= 11 is 0. The molecule has 10 nitrogen and oxygen atoms in total. The van der Waals surface area contributed by atoms with Gasteiger partial charge in [0.15, 0.2) is 0 Å². The third-order valence-electron chi connectivity index (χ3n) is 5.85. The van der Waals surface area contributed by atoms with E-state index in [0.29, 0.717) is 45.2 Å². The first-order valence-electron chi connectivity index (χ1n) is 10.7. The van der Waals surface area contributed by atoms with E-state index >= 15 is 0 Å². The van der Waals surface area contributed by atoms with Crippen molar-refractivity contribution in [2.45, 2.75) is 83.1 Å². The van der Waals surface area contributed by atoms with Crippen LogP contribution in [0.25, 0.3) is 0 Å². The van der Waals surface area contributed by atoms with Gasteiger partial charge in [0.05, 0.1) is 0 Å². The molecule has 2 aliphatic heterocycles. The van der Waals surface area contributed by atoms with Crippen molar-refractivity contribution >= 4 is 23.6 Å². The van der Waals surface area contributed by atoms with Crippen molar-refractivity contribution in [1.82, 2.24) is 15.1 Å². The number of amides is 4. The molecule has 0 aromatic carbocycles. The van der Waals surface area contributed by atoms with Gasteiger partial charge in [0, 0.05) is 19.1 Å². The molecule has 2 aliphatic rings. The van der Waals surface area contributed by atoms with Crippen molar-refractivity contribution in [1.29, 1.82) is 0 Å². The highest BCUT2D eigenvalue weighted by atomic mass is 16.3. The largest absolute Gasteiger partial charge is 0.382 e. The van der Waals surface area contributed by atoms with Gasteiger partial charge in [0.1, 0.15) is 24.2 Å². The second-order valence-corrected chi connectivity index (χ2v) is 8.75. The topological polar surface area (TPSA) is 159 Å². The van der Waals surface area contributed by atoms with Crippen molar-refractivity contribution in [3.05, 3.63) is 0 Å². The Hall–Kier alpha value is -2.20. The van der Waals surface area contributed by atoms with Crippen LogP contribution in [0.2, 0.25) is 0 Å². The highest BCUT2D eigenvalue weighted by Gasteiger charge is 2.44.